The summed E-state index contributed by atoms with van der Waals surface area (Å²) in [5.41, 5.74) is -0.100. The van der Waals surface area contributed by atoms with Crippen LogP contribution in [0, 0.1) is 0 Å². The van der Waals surface area contributed by atoms with Crippen molar-refractivity contribution in [1.82, 2.24) is 5.32 Å². The lowest BCUT2D eigenvalue weighted by atomic mass is 10.2. The van der Waals surface area contributed by atoms with Crippen molar-refractivity contribution in [1.29, 1.82) is 0 Å². The van der Waals surface area contributed by atoms with Crippen LogP contribution < -0.4 is 20.1 Å². The van der Waals surface area contributed by atoms with Gasteiger partial charge in [-0.05, 0) is 46.2 Å². The molecule has 0 aliphatic heterocycles. The average molecular weight is 410 g/mol. The molecule has 0 aromatic heterocycles. The van der Waals surface area contributed by atoms with Gasteiger partial charge in [0.25, 0.3) is 5.91 Å². The maximum absolute atomic E-state index is 12.2. The van der Waals surface area contributed by atoms with Crippen LogP contribution in [-0.4, -0.2) is 50.4 Å². The van der Waals surface area contributed by atoms with E-state index in [4.69, 9.17) is 18.9 Å². The first-order valence-corrected chi connectivity index (χ1v) is 9.25. The molecule has 1 aromatic carbocycles. The maximum Gasteiger partial charge on any atom is 0.407 e. The van der Waals surface area contributed by atoms with Gasteiger partial charge in [-0.1, -0.05) is 0 Å². The molecule has 0 heterocycles. The number of amides is 2. The Labute approximate surface area is 171 Å². The number of methoxy groups -OCH3 is 2. The van der Waals surface area contributed by atoms with Crippen LogP contribution in [0.4, 0.5) is 10.5 Å². The predicted molar refractivity (Wildman–Crippen MR) is 107 cm³/mol. The fourth-order valence-electron chi connectivity index (χ4n) is 2.20. The summed E-state index contributed by atoms with van der Waals surface area (Å²) in [6, 6.07) is 4.91. The zero-order valence-corrected chi connectivity index (χ0v) is 17.8. The molecule has 2 N–H and O–H groups in total. The van der Waals surface area contributed by atoms with Crippen molar-refractivity contribution in [3.63, 3.8) is 0 Å². The first-order valence-electron chi connectivity index (χ1n) is 9.25. The van der Waals surface area contributed by atoms with Crippen LogP contribution in [0.1, 0.15) is 40.5 Å². The molecule has 0 aliphatic rings. The molecule has 162 valence electrons. The fourth-order valence-corrected chi connectivity index (χ4v) is 2.20. The van der Waals surface area contributed by atoms with Crippen molar-refractivity contribution >= 4 is 23.7 Å². The third-order valence-electron chi connectivity index (χ3n) is 3.55. The Morgan fingerprint density at radius 1 is 1.07 bits per heavy atom. The number of hydrogen-bond acceptors (Lipinski definition) is 7. The number of ether oxygens (including phenoxy) is 4. The minimum atomic E-state index is -0.977. The SMILES string of the molecule is COc1ccc(NC(=O)[C@@H](C)OC(=O)CCCNC(=O)OC(C)(C)C)cc1OC. The number of nitrogens with one attached hydrogen (secondary N) is 2. The van der Waals surface area contributed by atoms with E-state index in [-0.39, 0.29) is 13.0 Å². The summed E-state index contributed by atoms with van der Waals surface area (Å²) in [6.07, 6.45) is -1.10. The number of rotatable bonds is 9. The molecule has 9 nitrogen and oxygen atoms in total. The third kappa shape index (κ3) is 9.18. The molecule has 0 unspecified atom stereocenters. The van der Waals surface area contributed by atoms with Crippen molar-refractivity contribution < 1.29 is 33.3 Å². The normalized spacial score (nSPS) is 11.8. The van der Waals surface area contributed by atoms with E-state index >= 15 is 0 Å². The highest BCUT2D eigenvalue weighted by Gasteiger charge is 2.19. The van der Waals surface area contributed by atoms with E-state index in [2.05, 4.69) is 10.6 Å². The van der Waals surface area contributed by atoms with Crippen LogP contribution in [-0.2, 0) is 19.1 Å². The van der Waals surface area contributed by atoms with Gasteiger partial charge in [-0.3, -0.25) is 9.59 Å². The van der Waals surface area contributed by atoms with Crippen molar-refractivity contribution in [2.24, 2.45) is 0 Å². The zero-order valence-electron chi connectivity index (χ0n) is 17.8. The molecular formula is C20H30N2O7. The van der Waals surface area contributed by atoms with Crippen LogP contribution in [0.25, 0.3) is 0 Å². The van der Waals surface area contributed by atoms with Crippen LogP contribution >= 0.6 is 0 Å². The van der Waals surface area contributed by atoms with E-state index in [1.165, 1.54) is 21.1 Å². The Kier molecular flexibility index (Phi) is 9.24. The van der Waals surface area contributed by atoms with E-state index in [9.17, 15) is 14.4 Å². The summed E-state index contributed by atoms with van der Waals surface area (Å²) in [5.74, 6) is -0.0131. The maximum atomic E-state index is 12.2. The number of benzene rings is 1. The van der Waals surface area contributed by atoms with Crippen molar-refractivity contribution in [2.45, 2.75) is 52.2 Å². The van der Waals surface area contributed by atoms with Crippen LogP contribution in [0.3, 0.4) is 0 Å². The van der Waals surface area contributed by atoms with E-state index in [0.29, 0.717) is 23.6 Å². The topological polar surface area (TPSA) is 112 Å². The molecule has 1 rings (SSSR count). The Bertz CT molecular complexity index is 713. The van der Waals surface area contributed by atoms with Gasteiger partial charge in [0.2, 0.25) is 0 Å². The standard InChI is InChI=1S/C20H30N2O7/c1-13(18(24)22-14-9-10-15(26-5)16(12-14)27-6)28-17(23)8-7-11-21-19(25)29-20(2,3)4/h9-10,12-13H,7-8,11H2,1-6H3,(H,21,25)(H,22,24)/t13-/m1/s1. The average Bonchev–Trinajstić information content (AvgIpc) is 2.63. The Balaban J connectivity index is 2.39. The molecule has 1 aromatic rings. The van der Waals surface area contributed by atoms with E-state index in [1.54, 1.807) is 39.0 Å². The minimum Gasteiger partial charge on any atom is -0.493 e. The van der Waals surface area contributed by atoms with Crippen LogP contribution in [0.2, 0.25) is 0 Å². The van der Waals surface area contributed by atoms with Gasteiger partial charge >= 0.3 is 12.1 Å². The van der Waals surface area contributed by atoms with Crippen molar-refractivity contribution in [3.05, 3.63) is 18.2 Å². The Morgan fingerprint density at radius 2 is 1.72 bits per heavy atom. The predicted octanol–water partition coefficient (Wildman–Crippen LogP) is 2.88. The molecule has 0 aliphatic carbocycles. The molecule has 0 radical (unpaired) electrons. The summed E-state index contributed by atoms with van der Waals surface area (Å²) in [7, 11) is 3.01. The largest absolute Gasteiger partial charge is 0.493 e. The van der Waals surface area contributed by atoms with Gasteiger partial charge < -0.3 is 29.6 Å². The van der Waals surface area contributed by atoms with Gasteiger partial charge in [-0.15, -0.1) is 0 Å². The highest BCUT2D eigenvalue weighted by atomic mass is 16.6. The highest BCUT2D eigenvalue weighted by Crippen LogP contribution is 2.29. The van der Waals surface area contributed by atoms with Crippen molar-refractivity contribution in [3.8, 4) is 11.5 Å². The molecular weight excluding hydrogens is 380 g/mol. The van der Waals surface area contributed by atoms with E-state index in [0.717, 1.165) is 0 Å². The summed E-state index contributed by atoms with van der Waals surface area (Å²) in [4.78, 5) is 35.6. The minimum absolute atomic E-state index is 0.0593. The number of carbonyl (C=O) groups excluding carboxylic acids is 3. The third-order valence-corrected chi connectivity index (χ3v) is 3.55. The summed E-state index contributed by atoms with van der Waals surface area (Å²) in [6.45, 7) is 7.03. The monoisotopic (exact) mass is 410 g/mol. The van der Waals surface area contributed by atoms with Gasteiger partial charge in [0.15, 0.2) is 17.6 Å². The molecule has 2 amide bonds. The number of alkyl carbamates (subject to hydrolysis) is 1. The molecule has 0 saturated carbocycles. The van der Waals surface area contributed by atoms with Gasteiger partial charge in [0, 0.05) is 24.7 Å². The number of anilines is 1. The lowest BCUT2D eigenvalue weighted by molar-refractivity contribution is -0.153. The zero-order chi connectivity index (χ0) is 22.0. The second-order valence-electron chi connectivity index (χ2n) is 7.22. The second-order valence-corrected chi connectivity index (χ2v) is 7.22. The van der Waals surface area contributed by atoms with Gasteiger partial charge in [-0.25, -0.2) is 4.79 Å². The van der Waals surface area contributed by atoms with Crippen LogP contribution in [0.15, 0.2) is 18.2 Å². The first-order chi connectivity index (χ1) is 13.6. The number of hydrogen-bond donors (Lipinski definition) is 2. The quantitative estimate of drug-likeness (QED) is 0.475. The molecule has 0 bridgehead atoms. The summed E-state index contributed by atoms with van der Waals surface area (Å²) in [5, 5.41) is 5.20. The second kappa shape index (κ2) is 11.1. The summed E-state index contributed by atoms with van der Waals surface area (Å²) < 4.78 is 20.5. The molecule has 0 fully saturated rings. The smallest absolute Gasteiger partial charge is 0.407 e. The number of esters is 1. The highest BCUT2D eigenvalue weighted by molar-refractivity contribution is 5.95. The molecule has 1 atom stereocenters. The van der Waals surface area contributed by atoms with Gasteiger partial charge in [0.05, 0.1) is 14.2 Å². The van der Waals surface area contributed by atoms with Crippen molar-refractivity contribution in [2.75, 3.05) is 26.1 Å². The Hall–Kier alpha value is -2.97. The first kappa shape index (κ1) is 24.1. The fraction of sp³-hybridized carbons (Fsp3) is 0.550. The molecule has 29 heavy (non-hydrogen) atoms. The summed E-state index contributed by atoms with van der Waals surface area (Å²) >= 11 is 0. The lowest BCUT2D eigenvalue weighted by Gasteiger charge is -2.19. The van der Waals surface area contributed by atoms with Crippen LogP contribution in [0.5, 0.6) is 11.5 Å². The van der Waals surface area contributed by atoms with E-state index < -0.39 is 29.7 Å². The number of carbonyl (C=O) groups is 3. The van der Waals surface area contributed by atoms with E-state index in [1.807, 2.05) is 0 Å². The molecule has 9 heteroatoms. The van der Waals surface area contributed by atoms with Gasteiger partial charge in [-0.2, -0.15) is 0 Å². The van der Waals surface area contributed by atoms with Gasteiger partial charge in [0.1, 0.15) is 5.60 Å². The lowest BCUT2D eigenvalue weighted by Crippen LogP contribution is -2.33. The molecule has 0 spiro atoms. The Morgan fingerprint density at radius 3 is 2.31 bits per heavy atom. The molecule has 0 saturated heterocycles.